The van der Waals surface area contributed by atoms with Crippen molar-refractivity contribution in [1.82, 2.24) is 0 Å². The molecule has 0 amide bonds. The van der Waals surface area contributed by atoms with Crippen LogP contribution in [0.1, 0.15) is 44.6 Å². The zero-order chi connectivity index (χ0) is 16.3. The summed E-state index contributed by atoms with van der Waals surface area (Å²) >= 11 is 0. The number of unbranched alkanes of at least 4 members (excludes halogenated alkanes) is 3. The van der Waals surface area contributed by atoms with Gasteiger partial charge in [0, 0.05) is 13.0 Å². The van der Waals surface area contributed by atoms with E-state index < -0.39 is 0 Å². The highest BCUT2D eigenvalue weighted by Gasteiger charge is 2.00. The third kappa shape index (κ3) is 6.07. The van der Waals surface area contributed by atoms with Gasteiger partial charge in [-0.05, 0) is 41.7 Å². The van der Waals surface area contributed by atoms with Crippen molar-refractivity contribution in [2.75, 3.05) is 13.2 Å². The van der Waals surface area contributed by atoms with Gasteiger partial charge in [0.15, 0.2) is 0 Å². The van der Waals surface area contributed by atoms with Crippen LogP contribution < -0.4 is 4.74 Å². The van der Waals surface area contributed by atoms with Gasteiger partial charge in [-0.2, -0.15) is 0 Å². The molecule has 0 unspecified atom stereocenters. The molecular formula is C21H28O2. The number of ether oxygens (including phenoxy) is 1. The van der Waals surface area contributed by atoms with Gasteiger partial charge in [-0.25, -0.2) is 0 Å². The molecule has 124 valence electrons. The van der Waals surface area contributed by atoms with E-state index in [0.717, 1.165) is 5.75 Å². The molecule has 2 aromatic carbocycles. The second kappa shape index (κ2) is 10.1. The van der Waals surface area contributed by atoms with Crippen LogP contribution in [0.4, 0.5) is 0 Å². The number of benzene rings is 2. The molecule has 0 bridgehead atoms. The maximum absolute atomic E-state index is 8.76. The minimum absolute atomic E-state index is 0.170. The highest BCUT2D eigenvalue weighted by molar-refractivity contribution is 5.64. The van der Waals surface area contributed by atoms with E-state index in [1.807, 2.05) is 12.1 Å². The smallest absolute Gasteiger partial charge is 0.119 e. The van der Waals surface area contributed by atoms with Gasteiger partial charge in [-0.1, -0.05) is 62.6 Å². The first-order valence-electron chi connectivity index (χ1n) is 8.76. The third-order valence-electron chi connectivity index (χ3n) is 4.03. The third-order valence-corrected chi connectivity index (χ3v) is 4.03. The molecule has 0 saturated carbocycles. The van der Waals surface area contributed by atoms with Crippen LogP contribution in [0.3, 0.4) is 0 Å². The number of aliphatic hydroxyl groups is 1. The van der Waals surface area contributed by atoms with Gasteiger partial charge in [-0.15, -0.1) is 0 Å². The van der Waals surface area contributed by atoms with Gasteiger partial charge in [0.25, 0.3) is 0 Å². The van der Waals surface area contributed by atoms with Crippen LogP contribution in [-0.2, 0) is 6.42 Å². The zero-order valence-electron chi connectivity index (χ0n) is 14.1. The van der Waals surface area contributed by atoms with Gasteiger partial charge in [0.1, 0.15) is 5.75 Å². The Morgan fingerprint density at radius 3 is 2.04 bits per heavy atom. The number of hydrogen-bond donors (Lipinski definition) is 1. The molecule has 0 aliphatic heterocycles. The molecule has 0 fully saturated rings. The maximum Gasteiger partial charge on any atom is 0.119 e. The van der Waals surface area contributed by atoms with Crippen LogP contribution in [0.2, 0.25) is 0 Å². The van der Waals surface area contributed by atoms with Gasteiger partial charge >= 0.3 is 0 Å². The summed E-state index contributed by atoms with van der Waals surface area (Å²) in [5.74, 6) is 0.856. The van der Waals surface area contributed by atoms with Crippen LogP contribution in [0.5, 0.6) is 5.75 Å². The lowest BCUT2D eigenvalue weighted by Gasteiger charge is -2.07. The molecule has 23 heavy (non-hydrogen) atoms. The average molecular weight is 312 g/mol. The Labute approximate surface area is 140 Å². The van der Waals surface area contributed by atoms with Gasteiger partial charge in [-0.3, -0.25) is 0 Å². The normalized spacial score (nSPS) is 10.7. The summed E-state index contributed by atoms with van der Waals surface area (Å²) < 4.78 is 5.56. The van der Waals surface area contributed by atoms with Crippen molar-refractivity contribution < 1.29 is 9.84 Å². The molecule has 0 aromatic heterocycles. The fourth-order valence-electron chi connectivity index (χ4n) is 2.62. The van der Waals surface area contributed by atoms with Crippen LogP contribution in [0, 0.1) is 0 Å². The summed E-state index contributed by atoms with van der Waals surface area (Å²) in [6, 6.07) is 17.1. The standard InChI is InChI=1S/C21H28O2/c1-2-3-4-5-7-18-8-10-19(11-9-18)20-12-14-21(15-13-20)23-17-6-16-22/h8-15,22H,2-7,16-17H2,1H3. The van der Waals surface area contributed by atoms with Crippen molar-refractivity contribution in [3.8, 4) is 16.9 Å². The number of rotatable bonds is 10. The summed E-state index contributed by atoms with van der Waals surface area (Å²) in [5, 5.41) is 8.76. The molecule has 0 aliphatic rings. The fraction of sp³-hybridized carbons (Fsp3) is 0.429. The van der Waals surface area contributed by atoms with E-state index in [2.05, 4.69) is 43.3 Å². The summed E-state index contributed by atoms with van der Waals surface area (Å²) in [5.41, 5.74) is 3.87. The van der Waals surface area contributed by atoms with Crippen LogP contribution >= 0.6 is 0 Å². The largest absolute Gasteiger partial charge is 0.494 e. The summed E-state index contributed by atoms with van der Waals surface area (Å²) in [6.45, 7) is 2.98. The Balaban J connectivity index is 1.88. The molecular weight excluding hydrogens is 284 g/mol. The summed E-state index contributed by atoms with van der Waals surface area (Å²) in [6.07, 6.45) is 7.09. The van der Waals surface area contributed by atoms with E-state index in [4.69, 9.17) is 9.84 Å². The van der Waals surface area contributed by atoms with Crippen molar-refractivity contribution in [1.29, 1.82) is 0 Å². The molecule has 0 heterocycles. The van der Waals surface area contributed by atoms with Crippen molar-refractivity contribution in [2.45, 2.75) is 45.4 Å². The Kier molecular flexibility index (Phi) is 7.68. The lowest BCUT2D eigenvalue weighted by Crippen LogP contribution is -1.99. The van der Waals surface area contributed by atoms with Crippen molar-refractivity contribution in [2.24, 2.45) is 0 Å². The van der Waals surface area contributed by atoms with Gasteiger partial charge in [0.05, 0.1) is 6.61 Å². The highest BCUT2D eigenvalue weighted by Crippen LogP contribution is 2.23. The quantitative estimate of drug-likeness (QED) is 0.608. The molecule has 2 nitrogen and oxygen atoms in total. The predicted octanol–water partition coefficient (Wildman–Crippen LogP) is 5.24. The highest BCUT2D eigenvalue weighted by atomic mass is 16.5. The summed E-state index contributed by atoms with van der Waals surface area (Å²) in [7, 11) is 0. The van der Waals surface area contributed by atoms with E-state index in [1.54, 1.807) is 0 Å². The monoisotopic (exact) mass is 312 g/mol. The van der Waals surface area contributed by atoms with Crippen molar-refractivity contribution >= 4 is 0 Å². The van der Waals surface area contributed by atoms with E-state index in [0.29, 0.717) is 13.0 Å². The first-order valence-corrected chi connectivity index (χ1v) is 8.76. The van der Waals surface area contributed by atoms with E-state index in [1.165, 1.54) is 48.8 Å². The van der Waals surface area contributed by atoms with Gasteiger partial charge in [0.2, 0.25) is 0 Å². The SMILES string of the molecule is CCCCCCc1ccc(-c2ccc(OCCCO)cc2)cc1. The first-order chi connectivity index (χ1) is 11.3. The maximum atomic E-state index is 8.76. The molecule has 1 N–H and O–H groups in total. The molecule has 0 saturated heterocycles. The predicted molar refractivity (Wildman–Crippen MR) is 96.9 cm³/mol. The van der Waals surface area contributed by atoms with Gasteiger partial charge < -0.3 is 9.84 Å². The fourth-order valence-corrected chi connectivity index (χ4v) is 2.62. The Morgan fingerprint density at radius 1 is 0.783 bits per heavy atom. The Bertz CT molecular complexity index is 543. The summed E-state index contributed by atoms with van der Waals surface area (Å²) in [4.78, 5) is 0. The second-order valence-corrected chi connectivity index (χ2v) is 5.96. The number of aliphatic hydroxyl groups excluding tert-OH is 1. The van der Waals surface area contributed by atoms with E-state index in [-0.39, 0.29) is 6.61 Å². The van der Waals surface area contributed by atoms with E-state index in [9.17, 15) is 0 Å². The number of hydrogen-bond acceptors (Lipinski definition) is 2. The zero-order valence-corrected chi connectivity index (χ0v) is 14.1. The van der Waals surface area contributed by atoms with Crippen LogP contribution in [-0.4, -0.2) is 18.3 Å². The topological polar surface area (TPSA) is 29.5 Å². The molecule has 2 aromatic rings. The van der Waals surface area contributed by atoms with E-state index >= 15 is 0 Å². The molecule has 0 spiro atoms. The molecule has 2 rings (SSSR count). The molecule has 0 atom stereocenters. The molecule has 0 radical (unpaired) electrons. The number of aryl methyl sites for hydroxylation is 1. The lowest BCUT2D eigenvalue weighted by atomic mass is 10.0. The minimum Gasteiger partial charge on any atom is -0.494 e. The van der Waals surface area contributed by atoms with Crippen molar-refractivity contribution in [3.63, 3.8) is 0 Å². The lowest BCUT2D eigenvalue weighted by molar-refractivity contribution is 0.233. The second-order valence-electron chi connectivity index (χ2n) is 5.96. The minimum atomic E-state index is 0.170. The van der Waals surface area contributed by atoms with Crippen LogP contribution in [0.25, 0.3) is 11.1 Å². The van der Waals surface area contributed by atoms with Crippen molar-refractivity contribution in [3.05, 3.63) is 54.1 Å². The first kappa shape index (κ1) is 17.6. The van der Waals surface area contributed by atoms with Crippen LogP contribution in [0.15, 0.2) is 48.5 Å². The Morgan fingerprint density at radius 2 is 1.43 bits per heavy atom. The molecule has 2 heteroatoms. The average Bonchev–Trinajstić information content (AvgIpc) is 2.60. The molecule has 0 aliphatic carbocycles. The Hall–Kier alpha value is -1.80.